The van der Waals surface area contributed by atoms with Crippen molar-refractivity contribution in [3.05, 3.63) is 78.9 Å². The van der Waals surface area contributed by atoms with Crippen molar-refractivity contribution >= 4 is 33.5 Å². The number of nitrogens with zero attached hydrogens (tertiary/aromatic N) is 2. The summed E-state index contributed by atoms with van der Waals surface area (Å²) < 4.78 is 12.7. The van der Waals surface area contributed by atoms with Gasteiger partial charge < -0.3 is 9.47 Å². The molecule has 0 saturated heterocycles. The van der Waals surface area contributed by atoms with Gasteiger partial charge in [0.15, 0.2) is 0 Å². The van der Waals surface area contributed by atoms with Gasteiger partial charge in [-0.05, 0) is 63.5 Å². The van der Waals surface area contributed by atoms with Crippen molar-refractivity contribution in [1.82, 2.24) is 9.13 Å². The molecule has 2 aliphatic carbocycles. The summed E-state index contributed by atoms with van der Waals surface area (Å²) in [5.41, 5.74) is -1.95. The molecule has 0 N–H and O–H groups in total. The number of aromatic nitrogens is 2. The van der Waals surface area contributed by atoms with Crippen LogP contribution in [0.15, 0.2) is 56.6 Å². The van der Waals surface area contributed by atoms with E-state index in [0.717, 1.165) is 0 Å². The first-order chi connectivity index (χ1) is 19.3. The summed E-state index contributed by atoms with van der Waals surface area (Å²) in [5, 5.41) is 0.474. The lowest BCUT2D eigenvalue weighted by atomic mass is 9.86. The first kappa shape index (κ1) is 27.5. The maximum absolute atomic E-state index is 13.4. The molecule has 2 fully saturated rings. The van der Waals surface area contributed by atoms with Crippen LogP contribution in [0.1, 0.15) is 63.5 Å². The normalized spacial score (nSPS) is 23.2. The highest BCUT2D eigenvalue weighted by Gasteiger charge is 2.33. The number of benzene rings is 1. The average molecular weight is 549 g/mol. The minimum absolute atomic E-state index is 0.118. The molecular weight excluding hydrogens is 516 g/mol. The molecule has 0 spiro atoms. The number of hydrogen-bond acceptors (Lipinski definition) is 8. The van der Waals surface area contributed by atoms with E-state index in [4.69, 9.17) is 9.47 Å². The van der Waals surface area contributed by atoms with Crippen LogP contribution in [-0.4, -0.2) is 34.3 Å². The molecule has 2 saturated carbocycles. The summed E-state index contributed by atoms with van der Waals surface area (Å²) in [4.78, 5) is 77.8. The molecule has 5 rings (SSSR count). The highest BCUT2D eigenvalue weighted by molar-refractivity contribution is 5.97. The third-order valence-corrected chi connectivity index (χ3v) is 8.43. The highest BCUT2D eigenvalue weighted by atomic mass is 16.5. The summed E-state index contributed by atoms with van der Waals surface area (Å²) in [7, 11) is 0. The van der Waals surface area contributed by atoms with Crippen LogP contribution in [0.4, 0.5) is 0 Å². The van der Waals surface area contributed by atoms with E-state index in [9.17, 15) is 28.8 Å². The maximum atomic E-state index is 13.4. The van der Waals surface area contributed by atoms with Gasteiger partial charge in [0.2, 0.25) is 0 Å². The first-order valence-electron chi connectivity index (χ1n) is 13.8. The molecule has 40 heavy (non-hydrogen) atoms. The molecule has 210 valence electrons. The second kappa shape index (κ2) is 11.2. The van der Waals surface area contributed by atoms with Crippen molar-refractivity contribution in [3.8, 4) is 0 Å². The minimum Gasteiger partial charge on any atom is -0.461 e. The van der Waals surface area contributed by atoms with Crippen molar-refractivity contribution in [2.45, 2.75) is 63.5 Å². The van der Waals surface area contributed by atoms with Gasteiger partial charge in [-0.1, -0.05) is 25.3 Å². The molecule has 10 nitrogen and oxygen atoms in total. The predicted octanol–water partition coefficient (Wildman–Crippen LogP) is 2.83. The van der Waals surface area contributed by atoms with Gasteiger partial charge in [-0.15, -0.1) is 0 Å². The molecule has 2 aromatic heterocycles. The Morgan fingerprint density at radius 3 is 1.20 bits per heavy atom. The van der Waals surface area contributed by atoms with Crippen LogP contribution in [0.2, 0.25) is 0 Å². The van der Waals surface area contributed by atoms with E-state index < -0.39 is 22.2 Å². The summed E-state index contributed by atoms with van der Waals surface area (Å²) in [6, 6.07) is 2.01. The van der Waals surface area contributed by atoms with Crippen LogP contribution in [0.5, 0.6) is 0 Å². The van der Waals surface area contributed by atoms with Gasteiger partial charge in [-0.25, -0.2) is 0 Å². The van der Waals surface area contributed by atoms with Crippen molar-refractivity contribution in [2.75, 3.05) is 13.2 Å². The van der Waals surface area contributed by atoms with Crippen LogP contribution >= 0.6 is 0 Å². The van der Waals surface area contributed by atoms with Crippen LogP contribution in [0, 0.1) is 11.8 Å². The third-order valence-electron chi connectivity index (χ3n) is 8.43. The lowest BCUT2D eigenvalue weighted by Crippen LogP contribution is -2.34. The monoisotopic (exact) mass is 548 g/mol. The number of carbonyl (C=O) groups is 2. The Bertz CT molecular complexity index is 1490. The number of rotatable bonds is 8. The molecule has 0 amide bonds. The Kier molecular flexibility index (Phi) is 7.69. The molecular formula is C30H32N2O8. The number of hydrogen-bond donors (Lipinski definition) is 0. The zero-order valence-corrected chi connectivity index (χ0v) is 22.3. The van der Waals surface area contributed by atoms with Crippen molar-refractivity contribution < 1.29 is 19.1 Å². The van der Waals surface area contributed by atoms with Crippen molar-refractivity contribution in [1.29, 1.82) is 0 Å². The SMILES string of the molecule is C=CCOC(=O)C1CCC(n2c(=O)c3cc4c(=O)n(C5CCC(C(=O)OCC=C)CC5)c(=O)c4cc3c2=O)CC1. The van der Waals surface area contributed by atoms with Gasteiger partial charge in [0.05, 0.1) is 33.4 Å². The van der Waals surface area contributed by atoms with E-state index in [0.29, 0.717) is 51.4 Å². The van der Waals surface area contributed by atoms with Crippen molar-refractivity contribution in [2.24, 2.45) is 11.8 Å². The molecule has 3 aromatic rings. The molecule has 0 radical (unpaired) electrons. The molecule has 2 heterocycles. The van der Waals surface area contributed by atoms with Gasteiger partial charge in [-0.2, -0.15) is 0 Å². The standard InChI is InChI=1S/C30H32N2O8/c1-3-13-39-29(37)17-5-9-19(10-6-17)31-25(33)21-15-23-24(16-22(21)26(31)34)28(36)32(27(23)35)20-11-7-18(8-12-20)30(38)40-14-4-2/h3-4,15-20H,1-2,5-14H2. The van der Waals surface area contributed by atoms with E-state index >= 15 is 0 Å². The number of ether oxygens (including phenoxy) is 2. The molecule has 0 bridgehead atoms. The zero-order valence-electron chi connectivity index (χ0n) is 22.3. The molecule has 1 aromatic carbocycles. The molecule has 10 heteroatoms. The van der Waals surface area contributed by atoms with Crippen LogP contribution < -0.4 is 22.2 Å². The van der Waals surface area contributed by atoms with E-state index in [-0.39, 0.29) is 70.6 Å². The summed E-state index contributed by atoms with van der Waals surface area (Å²) in [6.07, 6.45) is 6.84. The van der Waals surface area contributed by atoms with Crippen LogP contribution in [0.25, 0.3) is 21.5 Å². The maximum Gasteiger partial charge on any atom is 0.309 e. The van der Waals surface area contributed by atoms with Crippen LogP contribution in [-0.2, 0) is 19.1 Å². The van der Waals surface area contributed by atoms with Gasteiger partial charge in [0.25, 0.3) is 22.2 Å². The predicted molar refractivity (Wildman–Crippen MR) is 149 cm³/mol. The van der Waals surface area contributed by atoms with Gasteiger partial charge in [0.1, 0.15) is 13.2 Å². The second-order valence-corrected chi connectivity index (χ2v) is 10.8. The Morgan fingerprint density at radius 1 is 0.625 bits per heavy atom. The van der Waals surface area contributed by atoms with Gasteiger partial charge in [-0.3, -0.25) is 37.9 Å². The quantitative estimate of drug-likeness (QED) is 0.310. The Hall–Kier alpha value is -4.08. The van der Waals surface area contributed by atoms with Crippen LogP contribution in [0.3, 0.4) is 0 Å². The average Bonchev–Trinajstić information content (AvgIpc) is 3.37. The van der Waals surface area contributed by atoms with E-state index in [1.165, 1.54) is 33.4 Å². The second-order valence-electron chi connectivity index (χ2n) is 10.8. The topological polar surface area (TPSA) is 131 Å². The van der Waals surface area contributed by atoms with Crippen molar-refractivity contribution in [3.63, 3.8) is 0 Å². The smallest absolute Gasteiger partial charge is 0.309 e. The van der Waals surface area contributed by atoms with Gasteiger partial charge >= 0.3 is 11.9 Å². The Morgan fingerprint density at radius 2 is 0.925 bits per heavy atom. The Balaban J connectivity index is 1.40. The summed E-state index contributed by atoms with van der Waals surface area (Å²) in [6.45, 7) is 7.35. The number of esters is 2. The number of carbonyl (C=O) groups excluding carboxylic acids is 2. The summed E-state index contributed by atoms with van der Waals surface area (Å²) in [5.74, 6) is -1.19. The van der Waals surface area contributed by atoms with E-state index in [1.807, 2.05) is 0 Å². The third kappa shape index (κ3) is 4.76. The largest absolute Gasteiger partial charge is 0.461 e. The first-order valence-corrected chi connectivity index (χ1v) is 13.8. The lowest BCUT2D eigenvalue weighted by Gasteiger charge is -2.27. The summed E-state index contributed by atoms with van der Waals surface area (Å²) >= 11 is 0. The molecule has 0 unspecified atom stereocenters. The Labute approximate surface area is 229 Å². The molecule has 0 atom stereocenters. The van der Waals surface area contributed by atoms with Gasteiger partial charge in [0, 0.05) is 12.1 Å². The minimum atomic E-state index is -0.488. The zero-order chi connectivity index (χ0) is 28.6. The van der Waals surface area contributed by atoms with E-state index in [2.05, 4.69) is 13.2 Å². The number of fused-ring (bicyclic) bond motifs is 2. The lowest BCUT2D eigenvalue weighted by molar-refractivity contribution is -0.149. The molecule has 2 aliphatic rings. The van der Waals surface area contributed by atoms with E-state index in [1.54, 1.807) is 0 Å². The fraction of sp³-hybridized carbons (Fsp3) is 0.467. The fourth-order valence-corrected chi connectivity index (χ4v) is 6.33. The molecule has 0 aliphatic heterocycles. The fourth-order valence-electron chi connectivity index (χ4n) is 6.33. The highest BCUT2D eigenvalue weighted by Crippen LogP contribution is 2.33.